The van der Waals surface area contributed by atoms with Crippen LogP contribution in [0.5, 0.6) is 0 Å². The van der Waals surface area contributed by atoms with Crippen LogP contribution in [0.4, 0.5) is 0 Å². The zero-order valence-electron chi connectivity index (χ0n) is 16.1. The summed E-state index contributed by atoms with van der Waals surface area (Å²) in [6, 6.07) is 0. The maximum Gasteiger partial charge on any atom is 0.317 e. The molecule has 0 spiro atoms. The van der Waals surface area contributed by atoms with E-state index in [0.717, 1.165) is 67.4 Å². The largest absolute Gasteiger partial charge is 0.480 e. The number of likely N-dealkylation sites (tertiary alicyclic amines) is 1. The van der Waals surface area contributed by atoms with Crippen molar-refractivity contribution < 1.29 is 14.7 Å². The SMILES string of the molecule is Br.Br.Cc1nc(C2CCNCC2)sc1C(=O)NCC1CCN(CC(=O)O)CC1. The molecule has 0 saturated carbocycles. The molecule has 7 nitrogen and oxygen atoms in total. The summed E-state index contributed by atoms with van der Waals surface area (Å²) in [5.41, 5.74) is 0.831. The zero-order valence-corrected chi connectivity index (χ0v) is 20.4. The van der Waals surface area contributed by atoms with E-state index < -0.39 is 5.97 Å². The maximum absolute atomic E-state index is 12.6. The molecule has 3 rings (SSSR count). The first kappa shape index (κ1) is 25.5. The van der Waals surface area contributed by atoms with Gasteiger partial charge < -0.3 is 15.7 Å². The second kappa shape index (κ2) is 12.2. The smallest absolute Gasteiger partial charge is 0.317 e. The number of hydrogen-bond acceptors (Lipinski definition) is 6. The highest BCUT2D eigenvalue weighted by Crippen LogP contribution is 2.30. The molecule has 160 valence electrons. The maximum atomic E-state index is 12.6. The third-order valence-corrected chi connectivity index (χ3v) is 6.64. The molecule has 10 heteroatoms. The van der Waals surface area contributed by atoms with Gasteiger partial charge in [-0.25, -0.2) is 4.98 Å². The standard InChI is InChI=1S/C18H28N4O3S.2BrH/c1-12-16(26-18(21-12)14-2-6-19-7-3-14)17(25)20-10-13-4-8-22(9-5-13)11-15(23)24;;/h13-14,19H,2-11H2,1H3,(H,20,25)(H,23,24);2*1H. The molecule has 0 bridgehead atoms. The number of aryl methyl sites for hydroxylation is 1. The van der Waals surface area contributed by atoms with E-state index in [-0.39, 0.29) is 46.4 Å². The number of rotatable bonds is 6. The minimum absolute atomic E-state index is 0. The van der Waals surface area contributed by atoms with Crippen molar-refractivity contribution >= 4 is 57.2 Å². The van der Waals surface area contributed by atoms with Crippen LogP contribution in [0.25, 0.3) is 0 Å². The number of aliphatic carboxylic acids is 1. The van der Waals surface area contributed by atoms with Crippen LogP contribution < -0.4 is 10.6 Å². The number of thiazole rings is 1. The zero-order chi connectivity index (χ0) is 18.5. The molecule has 2 fully saturated rings. The number of piperidine rings is 2. The van der Waals surface area contributed by atoms with E-state index in [4.69, 9.17) is 5.11 Å². The Balaban J connectivity index is 0.00000196. The van der Waals surface area contributed by atoms with Gasteiger partial charge in [0.1, 0.15) is 4.88 Å². The van der Waals surface area contributed by atoms with Crippen molar-refractivity contribution in [3.63, 3.8) is 0 Å². The highest BCUT2D eigenvalue weighted by atomic mass is 79.9. The molecule has 0 aliphatic carbocycles. The summed E-state index contributed by atoms with van der Waals surface area (Å²) in [5, 5.41) is 16.4. The quantitative estimate of drug-likeness (QED) is 0.512. The van der Waals surface area contributed by atoms with Gasteiger partial charge in [0.2, 0.25) is 0 Å². The Bertz CT molecular complexity index is 645. The van der Waals surface area contributed by atoms with E-state index in [9.17, 15) is 9.59 Å². The fourth-order valence-corrected chi connectivity index (χ4v) is 4.88. The van der Waals surface area contributed by atoms with Crippen molar-refractivity contribution in [3.8, 4) is 0 Å². The predicted molar refractivity (Wildman–Crippen MR) is 121 cm³/mol. The molecule has 1 aromatic rings. The van der Waals surface area contributed by atoms with Crippen molar-refractivity contribution in [2.45, 2.75) is 38.5 Å². The van der Waals surface area contributed by atoms with Gasteiger partial charge in [-0.05, 0) is 64.7 Å². The highest BCUT2D eigenvalue weighted by molar-refractivity contribution is 8.93. The molecule has 0 aromatic carbocycles. The summed E-state index contributed by atoms with van der Waals surface area (Å²) in [5.74, 6) is 0.0938. The van der Waals surface area contributed by atoms with Crippen LogP contribution in [0.3, 0.4) is 0 Å². The van der Waals surface area contributed by atoms with E-state index in [1.54, 1.807) is 11.3 Å². The summed E-state index contributed by atoms with van der Waals surface area (Å²) in [4.78, 5) is 30.7. The minimum Gasteiger partial charge on any atom is -0.480 e. The Morgan fingerprint density at radius 2 is 1.86 bits per heavy atom. The van der Waals surface area contributed by atoms with Crippen LogP contribution in [0, 0.1) is 12.8 Å². The fourth-order valence-electron chi connectivity index (χ4n) is 3.73. The van der Waals surface area contributed by atoms with Gasteiger partial charge in [-0.1, -0.05) is 0 Å². The third kappa shape index (κ3) is 7.05. The molecule has 2 aliphatic rings. The number of carbonyl (C=O) groups is 2. The molecule has 2 aliphatic heterocycles. The summed E-state index contributed by atoms with van der Waals surface area (Å²) in [7, 11) is 0. The van der Waals surface area contributed by atoms with Crippen LogP contribution in [0.2, 0.25) is 0 Å². The average Bonchev–Trinajstić information content (AvgIpc) is 3.03. The lowest BCUT2D eigenvalue weighted by atomic mass is 9.97. The summed E-state index contributed by atoms with van der Waals surface area (Å²) >= 11 is 1.54. The Kier molecular flexibility index (Phi) is 11.1. The summed E-state index contributed by atoms with van der Waals surface area (Å²) < 4.78 is 0. The number of aromatic nitrogens is 1. The molecule has 2 saturated heterocycles. The van der Waals surface area contributed by atoms with Crippen molar-refractivity contribution in [2.24, 2.45) is 5.92 Å². The van der Waals surface area contributed by atoms with Crippen molar-refractivity contribution in [2.75, 3.05) is 39.3 Å². The normalized spacial score (nSPS) is 18.8. The molecule has 3 N–H and O–H groups in total. The van der Waals surface area contributed by atoms with E-state index in [0.29, 0.717) is 18.4 Å². The molecule has 0 unspecified atom stereocenters. The van der Waals surface area contributed by atoms with Gasteiger partial charge in [-0.15, -0.1) is 45.3 Å². The number of carboxylic acids is 1. The second-order valence-corrected chi connectivity index (χ2v) is 8.34. The van der Waals surface area contributed by atoms with Crippen molar-refractivity contribution in [1.29, 1.82) is 0 Å². The fraction of sp³-hybridized carbons (Fsp3) is 0.722. The Morgan fingerprint density at radius 3 is 2.46 bits per heavy atom. The number of carbonyl (C=O) groups excluding carboxylic acids is 1. The van der Waals surface area contributed by atoms with Crippen LogP contribution in [-0.2, 0) is 4.79 Å². The van der Waals surface area contributed by atoms with Gasteiger partial charge in [0.25, 0.3) is 5.91 Å². The summed E-state index contributed by atoms with van der Waals surface area (Å²) in [6.45, 7) is 6.29. The molecule has 3 heterocycles. The number of nitrogens with zero attached hydrogens (tertiary/aromatic N) is 2. The molecule has 1 aromatic heterocycles. The lowest BCUT2D eigenvalue weighted by Gasteiger charge is -2.30. The summed E-state index contributed by atoms with van der Waals surface area (Å²) in [6.07, 6.45) is 4.02. The van der Waals surface area contributed by atoms with E-state index >= 15 is 0 Å². The predicted octanol–water partition coefficient (Wildman–Crippen LogP) is 2.60. The van der Waals surface area contributed by atoms with E-state index in [1.807, 2.05) is 11.8 Å². The molecule has 1 amide bonds. The third-order valence-electron chi connectivity index (χ3n) is 5.33. The van der Waals surface area contributed by atoms with Gasteiger partial charge in [-0.3, -0.25) is 14.5 Å². The van der Waals surface area contributed by atoms with Crippen LogP contribution in [-0.4, -0.2) is 66.1 Å². The Morgan fingerprint density at radius 1 is 1.21 bits per heavy atom. The van der Waals surface area contributed by atoms with Crippen LogP contribution in [0.1, 0.15) is 52.0 Å². The van der Waals surface area contributed by atoms with Crippen molar-refractivity contribution in [3.05, 3.63) is 15.6 Å². The molecule has 28 heavy (non-hydrogen) atoms. The van der Waals surface area contributed by atoms with Gasteiger partial charge in [0.05, 0.1) is 17.2 Å². The number of hydrogen-bond donors (Lipinski definition) is 3. The first-order valence-corrected chi connectivity index (χ1v) is 10.2. The van der Waals surface area contributed by atoms with Gasteiger partial charge in [-0.2, -0.15) is 0 Å². The van der Waals surface area contributed by atoms with Gasteiger partial charge >= 0.3 is 5.97 Å². The number of halogens is 2. The van der Waals surface area contributed by atoms with Crippen molar-refractivity contribution in [1.82, 2.24) is 20.5 Å². The Hall–Kier alpha value is -0.550. The molecular weight excluding hydrogens is 512 g/mol. The Labute approximate surface area is 191 Å². The number of nitrogens with one attached hydrogen (secondary N) is 2. The van der Waals surface area contributed by atoms with Gasteiger partial charge in [0, 0.05) is 12.5 Å². The number of amides is 1. The second-order valence-electron chi connectivity index (χ2n) is 7.31. The highest BCUT2D eigenvalue weighted by Gasteiger charge is 2.24. The van der Waals surface area contributed by atoms with Gasteiger partial charge in [0.15, 0.2) is 0 Å². The molecule has 0 atom stereocenters. The lowest BCUT2D eigenvalue weighted by molar-refractivity contribution is -0.138. The molecule has 0 radical (unpaired) electrons. The monoisotopic (exact) mass is 540 g/mol. The van der Waals surface area contributed by atoms with Crippen LogP contribution >= 0.6 is 45.3 Å². The molecular formula is C18H30Br2N4O3S. The number of carboxylic acid groups (broad SMARTS) is 1. The lowest BCUT2D eigenvalue weighted by Crippen LogP contribution is -2.40. The topological polar surface area (TPSA) is 94.6 Å². The average molecular weight is 542 g/mol. The van der Waals surface area contributed by atoms with Crippen LogP contribution in [0.15, 0.2) is 0 Å². The first-order valence-electron chi connectivity index (χ1n) is 9.43. The van der Waals surface area contributed by atoms with E-state index in [1.165, 1.54) is 0 Å². The minimum atomic E-state index is -0.776. The van der Waals surface area contributed by atoms with E-state index in [2.05, 4.69) is 15.6 Å². The first-order chi connectivity index (χ1) is 12.5.